The van der Waals surface area contributed by atoms with Crippen LogP contribution in [0.25, 0.3) is 0 Å². The van der Waals surface area contributed by atoms with Gasteiger partial charge in [-0.1, -0.05) is 51.8 Å². The summed E-state index contributed by atoms with van der Waals surface area (Å²) >= 11 is 0. The number of hydrogen-bond donors (Lipinski definition) is 2. The number of unbranched alkanes of at least 4 members (excludes halogenated alkanes) is 1. The van der Waals surface area contributed by atoms with Crippen molar-refractivity contribution in [1.82, 2.24) is 14.8 Å². The van der Waals surface area contributed by atoms with Gasteiger partial charge in [-0.3, -0.25) is 9.59 Å². The number of piperidine rings is 1. The number of nitrogens with one attached hydrogen (secondary N) is 2. The summed E-state index contributed by atoms with van der Waals surface area (Å²) in [5.74, 6) is 0.188. The predicted molar refractivity (Wildman–Crippen MR) is 139 cm³/mol. The van der Waals surface area contributed by atoms with Crippen LogP contribution in [-0.4, -0.2) is 40.5 Å². The zero-order valence-electron chi connectivity index (χ0n) is 21.1. The van der Waals surface area contributed by atoms with Gasteiger partial charge < -0.3 is 20.1 Å². The van der Waals surface area contributed by atoms with Crippen LogP contribution in [0, 0.1) is 11.8 Å². The lowest BCUT2D eigenvalue weighted by Crippen LogP contribution is -2.56. The van der Waals surface area contributed by atoms with Crippen LogP contribution in [0.2, 0.25) is 0 Å². The molecule has 2 N–H and O–H groups in total. The van der Waals surface area contributed by atoms with Gasteiger partial charge in [-0.2, -0.15) is 0 Å². The molecule has 0 aliphatic carbocycles. The molecule has 1 aromatic carbocycles. The summed E-state index contributed by atoms with van der Waals surface area (Å²) in [4.78, 5) is 40.6. The highest BCUT2D eigenvalue weighted by Gasteiger charge is 2.37. The van der Waals surface area contributed by atoms with E-state index in [2.05, 4.69) is 29.7 Å². The molecule has 1 aromatic heterocycles. The van der Waals surface area contributed by atoms with E-state index >= 15 is 0 Å². The van der Waals surface area contributed by atoms with Crippen molar-refractivity contribution in [3.05, 3.63) is 64.1 Å². The van der Waals surface area contributed by atoms with Crippen LogP contribution in [0.1, 0.15) is 63.6 Å². The number of pyridine rings is 1. The highest BCUT2D eigenvalue weighted by Crippen LogP contribution is 2.35. The molecule has 2 aliphatic rings. The van der Waals surface area contributed by atoms with Gasteiger partial charge in [0.25, 0.3) is 5.56 Å². The number of anilines is 1. The molecule has 4 unspecified atom stereocenters. The van der Waals surface area contributed by atoms with Crippen molar-refractivity contribution in [1.29, 1.82) is 0 Å². The SMILES string of the molecule is CCCCc1ccc(NC(=O)C(NC(=O)N2CC3CC(C2)c2cccc(=O)n2C3)C(C)CC)cc1. The molecule has 2 aliphatic heterocycles. The monoisotopic (exact) mass is 478 g/mol. The molecule has 4 rings (SSSR count). The number of likely N-dealkylation sites (tertiary alicyclic amines) is 1. The quantitative estimate of drug-likeness (QED) is 0.591. The third-order valence-electron chi connectivity index (χ3n) is 7.58. The fraction of sp³-hybridized carbons (Fsp3) is 0.536. The largest absolute Gasteiger partial charge is 0.326 e. The zero-order chi connectivity index (χ0) is 24.9. The Labute approximate surface area is 207 Å². The van der Waals surface area contributed by atoms with Crippen LogP contribution in [0.4, 0.5) is 10.5 Å². The van der Waals surface area contributed by atoms with Gasteiger partial charge in [0.05, 0.1) is 0 Å². The Morgan fingerprint density at radius 2 is 1.83 bits per heavy atom. The van der Waals surface area contributed by atoms with E-state index in [9.17, 15) is 14.4 Å². The molecule has 2 aromatic rings. The minimum Gasteiger partial charge on any atom is -0.326 e. The topological polar surface area (TPSA) is 83.4 Å². The van der Waals surface area contributed by atoms with E-state index < -0.39 is 6.04 Å². The third-order valence-corrected chi connectivity index (χ3v) is 7.58. The van der Waals surface area contributed by atoms with Gasteiger partial charge in [-0.15, -0.1) is 0 Å². The third kappa shape index (κ3) is 5.77. The number of amides is 3. The first-order chi connectivity index (χ1) is 16.9. The first-order valence-corrected chi connectivity index (χ1v) is 13.0. The fourth-order valence-corrected chi connectivity index (χ4v) is 5.34. The Morgan fingerprint density at radius 1 is 1.06 bits per heavy atom. The minimum atomic E-state index is -0.621. The number of urea groups is 1. The number of hydrogen-bond acceptors (Lipinski definition) is 3. The van der Waals surface area contributed by atoms with Crippen molar-refractivity contribution >= 4 is 17.6 Å². The summed E-state index contributed by atoms with van der Waals surface area (Å²) in [6.07, 6.45) is 5.09. The lowest BCUT2D eigenvalue weighted by atomic mass is 9.83. The fourth-order valence-electron chi connectivity index (χ4n) is 5.34. The minimum absolute atomic E-state index is 0.00799. The number of benzene rings is 1. The second-order valence-electron chi connectivity index (χ2n) is 10.2. The second-order valence-corrected chi connectivity index (χ2v) is 10.2. The summed E-state index contributed by atoms with van der Waals surface area (Å²) in [5, 5.41) is 6.03. The number of fused-ring (bicyclic) bond motifs is 4. The number of aryl methyl sites for hydroxylation is 1. The lowest BCUT2D eigenvalue weighted by Gasteiger charge is -2.43. The molecule has 35 heavy (non-hydrogen) atoms. The molecule has 1 saturated heterocycles. The molecule has 4 atom stereocenters. The average molecular weight is 479 g/mol. The Hall–Kier alpha value is -3.09. The molecule has 0 saturated carbocycles. The molecule has 2 bridgehead atoms. The molecule has 3 heterocycles. The maximum absolute atomic E-state index is 13.3. The molecule has 188 valence electrons. The summed E-state index contributed by atoms with van der Waals surface area (Å²) in [6, 6.07) is 12.5. The molecule has 7 nitrogen and oxygen atoms in total. The molecule has 0 spiro atoms. The van der Waals surface area contributed by atoms with Gasteiger partial charge in [-0.25, -0.2) is 4.79 Å². The van der Waals surface area contributed by atoms with Crippen LogP contribution >= 0.6 is 0 Å². The second kappa shape index (κ2) is 11.1. The van der Waals surface area contributed by atoms with Crippen LogP contribution in [0.5, 0.6) is 0 Å². The maximum Gasteiger partial charge on any atom is 0.318 e. The molecule has 7 heteroatoms. The van der Waals surface area contributed by atoms with Crippen LogP contribution < -0.4 is 16.2 Å². The summed E-state index contributed by atoms with van der Waals surface area (Å²) < 4.78 is 1.86. The standard InChI is InChI=1S/C28H38N4O3/c1-4-6-8-20-11-13-23(14-12-20)29-27(34)26(19(3)5-2)30-28(35)31-16-21-15-22(18-31)24-9-7-10-25(33)32(24)17-21/h7,9-14,19,21-22,26H,4-6,8,15-18H2,1-3H3,(H,29,34)(H,30,35). The zero-order valence-corrected chi connectivity index (χ0v) is 21.1. The van der Waals surface area contributed by atoms with E-state index in [-0.39, 0.29) is 35.3 Å². The Bertz CT molecular complexity index is 1090. The van der Waals surface area contributed by atoms with Gasteiger partial charge in [-0.05, 0) is 54.9 Å². The number of carbonyl (C=O) groups excluding carboxylic acids is 2. The highest BCUT2D eigenvalue weighted by molar-refractivity contribution is 5.97. The van der Waals surface area contributed by atoms with Gasteiger partial charge in [0.2, 0.25) is 5.91 Å². The Balaban J connectivity index is 1.42. The molecular weight excluding hydrogens is 440 g/mol. The van der Waals surface area contributed by atoms with E-state index in [4.69, 9.17) is 0 Å². The van der Waals surface area contributed by atoms with E-state index in [0.717, 1.165) is 43.5 Å². The van der Waals surface area contributed by atoms with Crippen molar-refractivity contribution < 1.29 is 9.59 Å². The smallest absolute Gasteiger partial charge is 0.318 e. The molecule has 3 amide bonds. The van der Waals surface area contributed by atoms with Gasteiger partial charge in [0.15, 0.2) is 0 Å². The Kier molecular flexibility index (Phi) is 7.93. The van der Waals surface area contributed by atoms with Crippen LogP contribution in [0.3, 0.4) is 0 Å². The van der Waals surface area contributed by atoms with Gasteiger partial charge in [0, 0.05) is 43.0 Å². The van der Waals surface area contributed by atoms with Crippen molar-refractivity contribution in [2.75, 3.05) is 18.4 Å². The lowest BCUT2D eigenvalue weighted by molar-refractivity contribution is -0.119. The first-order valence-electron chi connectivity index (χ1n) is 13.0. The molecule has 1 fully saturated rings. The van der Waals surface area contributed by atoms with E-state index in [0.29, 0.717) is 19.6 Å². The summed E-state index contributed by atoms with van der Waals surface area (Å²) in [7, 11) is 0. The number of carbonyl (C=O) groups is 2. The molecule has 0 radical (unpaired) electrons. The normalized spacial score (nSPS) is 20.5. The van der Waals surface area contributed by atoms with E-state index in [1.54, 1.807) is 12.1 Å². The van der Waals surface area contributed by atoms with Crippen molar-refractivity contribution in [3.63, 3.8) is 0 Å². The molecular formula is C28H38N4O3. The van der Waals surface area contributed by atoms with Crippen molar-refractivity contribution in [3.8, 4) is 0 Å². The Morgan fingerprint density at radius 3 is 2.54 bits per heavy atom. The van der Waals surface area contributed by atoms with Gasteiger partial charge in [0.1, 0.15) is 6.04 Å². The highest BCUT2D eigenvalue weighted by atomic mass is 16.2. The maximum atomic E-state index is 13.3. The number of nitrogens with zero attached hydrogens (tertiary/aromatic N) is 2. The summed E-state index contributed by atoms with van der Waals surface area (Å²) in [6.45, 7) is 7.98. The van der Waals surface area contributed by atoms with Crippen LogP contribution in [-0.2, 0) is 17.8 Å². The predicted octanol–water partition coefficient (Wildman–Crippen LogP) is 4.37. The van der Waals surface area contributed by atoms with Crippen molar-refractivity contribution in [2.24, 2.45) is 11.8 Å². The number of rotatable bonds is 8. The van der Waals surface area contributed by atoms with E-state index in [1.807, 2.05) is 41.5 Å². The first kappa shape index (κ1) is 25.0. The van der Waals surface area contributed by atoms with Gasteiger partial charge >= 0.3 is 6.03 Å². The van der Waals surface area contributed by atoms with Crippen LogP contribution in [0.15, 0.2) is 47.3 Å². The van der Waals surface area contributed by atoms with Crippen molar-refractivity contribution in [2.45, 2.75) is 71.4 Å². The number of aromatic nitrogens is 1. The average Bonchev–Trinajstić information content (AvgIpc) is 2.86. The van der Waals surface area contributed by atoms with E-state index in [1.165, 1.54) is 5.56 Å². The summed E-state index contributed by atoms with van der Waals surface area (Å²) in [5.41, 5.74) is 3.04.